The van der Waals surface area contributed by atoms with E-state index in [4.69, 9.17) is 0 Å². The molecule has 1 N–H and O–H groups in total. The van der Waals surface area contributed by atoms with E-state index in [0.717, 1.165) is 25.9 Å². The molecule has 0 spiro atoms. The highest BCUT2D eigenvalue weighted by molar-refractivity contribution is 7.87. The normalized spacial score (nSPS) is 19.1. The van der Waals surface area contributed by atoms with Crippen LogP contribution in [0.4, 0.5) is 0 Å². The maximum absolute atomic E-state index is 12.2. The van der Waals surface area contributed by atoms with Gasteiger partial charge in [0.1, 0.15) is 0 Å². The molecule has 0 aromatic heterocycles. The Balaban J connectivity index is 2.36. The van der Waals surface area contributed by atoms with E-state index in [9.17, 15) is 12.6 Å². The Bertz CT molecular complexity index is 377. The quantitative estimate of drug-likeness (QED) is 0.620. The standard InChI is InChI=1S/C11H25N3O3S2/c1-3-5-12-6-4-7-13(2)19(16,17)14-8-10-18(15)11-9-14/h12H,3-11H2,1-2H3. The fraction of sp³-hybridized carbons (Fsp3) is 1.00. The average molecular weight is 311 g/mol. The molecule has 1 aliphatic heterocycles. The van der Waals surface area contributed by atoms with Crippen molar-refractivity contribution in [2.24, 2.45) is 0 Å². The van der Waals surface area contributed by atoms with Crippen molar-refractivity contribution in [3.05, 3.63) is 0 Å². The smallest absolute Gasteiger partial charge is 0.281 e. The molecule has 1 saturated heterocycles. The third kappa shape index (κ3) is 5.47. The summed E-state index contributed by atoms with van der Waals surface area (Å²) in [6, 6.07) is 0. The number of nitrogens with one attached hydrogen (secondary N) is 1. The number of nitrogens with zero attached hydrogens (tertiary/aromatic N) is 2. The molecule has 114 valence electrons. The fourth-order valence-corrected chi connectivity index (χ4v) is 4.57. The minimum atomic E-state index is -3.37. The second kappa shape index (κ2) is 8.31. The van der Waals surface area contributed by atoms with Gasteiger partial charge in [-0.3, -0.25) is 4.21 Å². The van der Waals surface area contributed by atoms with Crippen LogP contribution < -0.4 is 5.32 Å². The van der Waals surface area contributed by atoms with Crippen LogP contribution >= 0.6 is 0 Å². The van der Waals surface area contributed by atoms with Crippen LogP contribution in [0.3, 0.4) is 0 Å². The highest BCUT2D eigenvalue weighted by Crippen LogP contribution is 2.10. The lowest BCUT2D eigenvalue weighted by Crippen LogP contribution is -2.48. The van der Waals surface area contributed by atoms with E-state index in [1.165, 1.54) is 8.61 Å². The van der Waals surface area contributed by atoms with Crippen molar-refractivity contribution in [3.63, 3.8) is 0 Å². The predicted octanol–water partition coefficient (Wildman–Crippen LogP) is -0.383. The first kappa shape index (κ1) is 17.0. The van der Waals surface area contributed by atoms with Crippen molar-refractivity contribution < 1.29 is 12.6 Å². The Labute approximate surface area is 119 Å². The van der Waals surface area contributed by atoms with Crippen molar-refractivity contribution in [3.8, 4) is 0 Å². The van der Waals surface area contributed by atoms with Crippen LogP contribution in [-0.2, 0) is 21.0 Å². The van der Waals surface area contributed by atoms with Gasteiger partial charge < -0.3 is 5.32 Å². The Morgan fingerprint density at radius 2 is 1.89 bits per heavy atom. The average Bonchev–Trinajstić information content (AvgIpc) is 2.38. The summed E-state index contributed by atoms with van der Waals surface area (Å²) in [7, 11) is -2.61. The molecular formula is C11H25N3O3S2. The summed E-state index contributed by atoms with van der Waals surface area (Å²) in [6.45, 7) is 5.15. The van der Waals surface area contributed by atoms with Crippen molar-refractivity contribution in [2.75, 3.05) is 51.3 Å². The summed E-state index contributed by atoms with van der Waals surface area (Å²) in [5.74, 6) is 0.899. The summed E-state index contributed by atoms with van der Waals surface area (Å²) >= 11 is 0. The van der Waals surface area contributed by atoms with Crippen molar-refractivity contribution in [1.29, 1.82) is 0 Å². The molecule has 0 saturated carbocycles. The number of hydrogen-bond donors (Lipinski definition) is 1. The fourth-order valence-electron chi connectivity index (χ4n) is 1.89. The molecule has 1 fully saturated rings. The largest absolute Gasteiger partial charge is 0.317 e. The number of rotatable bonds is 8. The predicted molar refractivity (Wildman–Crippen MR) is 78.8 cm³/mol. The Morgan fingerprint density at radius 1 is 1.26 bits per heavy atom. The van der Waals surface area contributed by atoms with E-state index in [1.807, 2.05) is 0 Å². The van der Waals surface area contributed by atoms with Gasteiger partial charge in [-0.05, 0) is 25.9 Å². The van der Waals surface area contributed by atoms with E-state index in [0.29, 0.717) is 31.1 Å². The SMILES string of the molecule is CCCNCCCN(C)S(=O)(=O)N1CCS(=O)CC1. The first-order valence-corrected chi connectivity index (χ1v) is 9.64. The van der Waals surface area contributed by atoms with Gasteiger partial charge in [0.05, 0.1) is 0 Å². The highest BCUT2D eigenvalue weighted by atomic mass is 32.2. The lowest BCUT2D eigenvalue weighted by molar-refractivity contribution is 0.370. The van der Waals surface area contributed by atoms with Crippen molar-refractivity contribution >= 4 is 21.0 Å². The molecule has 19 heavy (non-hydrogen) atoms. The first-order chi connectivity index (χ1) is 8.98. The molecule has 0 amide bonds. The first-order valence-electron chi connectivity index (χ1n) is 6.75. The Kier molecular flexibility index (Phi) is 7.45. The van der Waals surface area contributed by atoms with Crippen LogP contribution in [0, 0.1) is 0 Å². The van der Waals surface area contributed by atoms with Crippen molar-refractivity contribution in [2.45, 2.75) is 19.8 Å². The van der Waals surface area contributed by atoms with Crippen LogP contribution in [0.1, 0.15) is 19.8 Å². The molecule has 8 heteroatoms. The zero-order chi connectivity index (χ0) is 14.3. The minimum Gasteiger partial charge on any atom is -0.317 e. The van der Waals surface area contributed by atoms with E-state index in [2.05, 4.69) is 12.2 Å². The summed E-state index contributed by atoms with van der Waals surface area (Å²) < 4.78 is 38.6. The van der Waals surface area contributed by atoms with E-state index in [-0.39, 0.29) is 0 Å². The summed E-state index contributed by atoms with van der Waals surface area (Å²) in [5, 5.41) is 3.25. The van der Waals surface area contributed by atoms with Gasteiger partial charge >= 0.3 is 0 Å². The van der Waals surface area contributed by atoms with Gasteiger partial charge in [0.25, 0.3) is 10.2 Å². The minimum absolute atomic E-state index is 0.368. The van der Waals surface area contributed by atoms with Gasteiger partial charge in [0.15, 0.2) is 0 Å². The molecule has 1 rings (SSSR count). The molecule has 0 unspecified atom stereocenters. The molecule has 0 aliphatic carbocycles. The van der Waals surface area contributed by atoms with E-state index < -0.39 is 21.0 Å². The highest BCUT2D eigenvalue weighted by Gasteiger charge is 2.29. The van der Waals surface area contributed by atoms with Gasteiger partial charge in [0, 0.05) is 49.0 Å². The molecule has 0 atom stereocenters. The maximum Gasteiger partial charge on any atom is 0.281 e. The van der Waals surface area contributed by atoms with Crippen LogP contribution in [0.5, 0.6) is 0 Å². The lowest BCUT2D eigenvalue weighted by Gasteiger charge is -2.29. The lowest BCUT2D eigenvalue weighted by atomic mass is 10.4. The molecule has 6 nitrogen and oxygen atoms in total. The number of hydrogen-bond acceptors (Lipinski definition) is 4. The third-order valence-corrected chi connectivity index (χ3v) is 6.37. The molecular weight excluding hydrogens is 286 g/mol. The summed E-state index contributed by atoms with van der Waals surface area (Å²) in [6.07, 6.45) is 1.88. The molecule has 0 radical (unpaired) electrons. The topological polar surface area (TPSA) is 69.7 Å². The molecule has 0 aromatic carbocycles. The summed E-state index contributed by atoms with van der Waals surface area (Å²) in [5.41, 5.74) is 0. The second-order valence-corrected chi connectivity index (χ2v) is 8.41. The van der Waals surface area contributed by atoms with Gasteiger partial charge in [-0.25, -0.2) is 0 Å². The Hall–Kier alpha value is -0.0200. The Morgan fingerprint density at radius 3 is 2.47 bits per heavy atom. The third-order valence-electron chi connectivity index (χ3n) is 3.11. The van der Waals surface area contributed by atoms with Crippen LogP contribution in [0.25, 0.3) is 0 Å². The molecule has 0 aromatic rings. The van der Waals surface area contributed by atoms with Gasteiger partial charge in [-0.2, -0.15) is 17.0 Å². The molecule has 1 aliphatic rings. The van der Waals surface area contributed by atoms with Crippen molar-refractivity contribution in [1.82, 2.24) is 13.9 Å². The van der Waals surface area contributed by atoms with Crippen LogP contribution in [-0.4, -0.2) is 72.5 Å². The molecule has 1 heterocycles. The zero-order valence-corrected chi connectivity index (χ0v) is 13.4. The van der Waals surface area contributed by atoms with Crippen LogP contribution in [0.15, 0.2) is 0 Å². The monoisotopic (exact) mass is 311 g/mol. The maximum atomic E-state index is 12.2. The van der Waals surface area contributed by atoms with E-state index in [1.54, 1.807) is 7.05 Å². The van der Waals surface area contributed by atoms with Crippen LogP contribution in [0.2, 0.25) is 0 Å². The zero-order valence-electron chi connectivity index (χ0n) is 11.8. The van der Waals surface area contributed by atoms with Gasteiger partial charge in [-0.15, -0.1) is 0 Å². The van der Waals surface area contributed by atoms with Gasteiger partial charge in [0.2, 0.25) is 0 Å². The second-order valence-electron chi connectivity index (χ2n) is 4.68. The van der Waals surface area contributed by atoms with E-state index >= 15 is 0 Å². The van der Waals surface area contributed by atoms with Gasteiger partial charge in [-0.1, -0.05) is 6.92 Å². The molecule has 0 bridgehead atoms. The summed E-state index contributed by atoms with van der Waals surface area (Å²) in [4.78, 5) is 0.